The van der Waals surface area contributed by atoms with Crippen LogP contribution in [-0.2, 0) is 4.74 Å². The zero-order valence-electron chi connectivity index (χ0n) is 9.84. The number of carbonyl (C=O) groups is 2. The van der Waals surface area contributed by atoms with Crippen molar-refractivity contribution < 1.29 is 24.0 Å². The Labute approximate surface area is 102 Å². The van der Waals surface area contributed by atoms with Crippen molar-refractivity contribution in [3.8, 4) is 5.75 Å². The summed E-state index contributed by atoms with van der Waals surface area (Å²) in [5.41, 5.74) is -0.713. The van der Waals surface area contributed by atoms with E-state index in [2.05, 4.69) is 0 Å². The second-order valence-electron chi connectivity index (χ2n) is 3.21. The fourth-order valence-corrected chi connectivity index (χ4v) is 1.37. The Bertz CT molecular complexity index is 497. The molecule has 7 heteroatoms. The van der Waals surface area contributed by atoms with Crippen molar-refractivity contribution in [3.05, 3.63) is 33.4 Å². The quantitative estimate of drug-likeness (QED) is 0.342. The van der Waals surface area contributed by atoms with Gasteiger partial charge in [0.1, 0.15) is 11.3 Å². The summed E-state index contributed by atoms with van der Waals surface area (Å²) in [5.74, 6) is -0.684. The van der Waals surface area contributed by atoms with E-state index >= 15 is 0 Å². The van der Waals surface area contributed by atoms with Gasteiger partial charge in [0.15, 0.2) is 6.29 Å². The number of methoxy groups -OCH3 is 1. The lowest BCUT2D eigenvalue weighted by Crippen LogP contribution is -2.08. The molecule has 0 amide bonds. The van der Waals surface area contributed by atoms with Crippen LogP contribution >= 0.6 is 0 Å². The van der Waals surface area contributed by atoms with Gasteiger partial charge >= 0.3 is 5.97 Å². The first-order valence-electron chi connectivity index (χ1n) is 5.03. The molecule has 18 heavy (non-hydrogen) atoms. The maximum Gasteiger partial charge on any atom is 0.342 e. The predicted molar refractivity (Wildman–Crippen MR) is 61.0 cm³/mol. The van der Waals surface area contributed by atoms with Gasteiger partial charge in [0.25, 0.3) is 5.69 Å². The smallest absolute Gasteiger partial charge is 0.342 e. The van der Waals surface area contributed by atoms with Crippen LogP contribution in [0, 0.1) is 10.1 Å². The number of nitro benzene ring substituents is 1. The van der Waals surface area contributed by atoms with Gasteiger partial charge in [-0.05, 0) is 13.0 Å². The van der Waals surface area contributed by atoms with Crippen molar-refractivity contribution in [1.29, 1.82) is 0 Å². The van der Waals surface area contributed by atoms with E-state index in [1.54, 1.807) is 6.92 Å². The Morgan fingerprint density at radius 1 is 1.50 bits per heavy atom. The van der Waals surface area contributed by atoms with Crippen LogP contribution in [0.1, 0.15) is 27.6 Å². The molecular weight excluding hydrogens is 242 g/mol. The van der Waals surface area contributed by atoms with Crippen LogP contribution < -0.4 is 4.74 Å². The highest BCUT2D eigenvalue weighted by Crippen LogP contribution is 2.28. The van der Waals surface area contributed by atoms with E-state index in [-0.39, 0.29) is 23.5 Å². The minimum Gasteiger partial charge on any atom is -0.496 e. The predicted octanol–water partition coefficient (Wildman–Crippen LogP) is 1.59. The average Bonchev–Trinajstić information content (AvgIpc) is 2.37. The number of hydrogen-bond donors (Lipinski definition) is 0. The van der Waals surface area contributed by atoms with Crippen LogP contribution in [0.2, 0.25) is 0 Å². The molecular formula is C11H11NO6. The average molecular weight is 253 g/mol. The third kappa shape index (κ3) is 2.62. The van der Waals surface area contributed by atoms with Gasteiger partial charge in [-0.2, -0.15) is 0 Å². The summed E-state index contributed by atoms with van der Waals surface area (Å²) in [6, 6.07) is 2.11. The number of rotatable bonds is 5. The molecule has 0 bridgehead atoms. The molecule has 1 rings (SSSR count). The SMILES string of the molecule is CCOC(=O)c1cc([N+](=O)[O-])c(C=O)cc1OC. The number of nitro groups is 1. The normalized spacial score (nSPS) is 9.67. The minimum atomic E-state index is -0.744. The van der Waals surface area contributed by atoms with Gasteiger partial charge in [0.2, 0.25) is 0 Å². The monoisotopic (exact) mass is 253 g/mol. The molecule has 0 aliphatic carbocycles. The summed E-state index contributed by atoms with van der Waals surface area (Å²) in [4.78, 5) is 32.3. The summed E-state index contributed by atoms with van der Waals surface area (Å²) in [7, 11) is 1.29. The van der Waals surface area contributed by atoms with Crippen molar-refractivity contribution in [3.63, 3.8) is 0 Å². The maximum absolute atomic E-state index is 11.6. The van der Waals surface area contributed by atoms with Gasteiger partial charge in [-0.3, -0.25) is 14.9 Å². The molecule has 0 heterocycles. The molecule has 0 unspecified atom stereocenters. The second-order valence-corrected chi connectivity index (χ2v) is 3.21. The van der Waals surface area contributed by atoms with E-state index in [0.717, 1.165) is 12.1 Å². The van der Waals surface area contributed by atoms with Gasteiger partial charge in [0.05, 0.1) is 24.2 Å². The van der Waals surface area contributed by atoms with E-state index in [9.17, 15) is 19.7 Å². The third-order valence-electron chi connectivity index (χ3n) is 2.17. The summed E-state index contributed by atoms with van der Waals surface area (Å²) in [6.07, 6.45) is 0.329. The number of hydrogen-bond acceptors (Lipinski definition) is 6. The fourth-order valence-electron chi connectivity index (χ4n) is 1.37. The molecule has 0 saturated carbocycles. The third-order valence-corrected chi connectivity index (χ3v) is 2.17. The molecule has 1 aromatic carbocycles. The first kappa shape index (κ1) is 13.6. The molecule has 0 saturated heterocycles. The zero-order chi connectivity index (χ0) is 13.7. The van der Waals surface area contributed by atoms with Gasteiger partial charge in [-0.15, -0.1) is 0 Å². The number of nitrogens with zero attached hydrogens (tertiary/aromatic N) is 1. The Kier molecular flexibility index (Phi) is 4.36. The van der Waals surface area contributed by atoms with Crippen LogP contribution in [0.15, 0.2) is 12.1 Å². The Morgan fingerprint density at radius 3 is 2.61 bits per heavy atom. The molecule has 0 radical (unpaired) electrons. The number of benzene rings is 1. The fraction of sp³-hybridized carbons (Fsp3) is 0.273. The topological polar surface area (TPSA) is 95.7 Å². The Hall–Kier alpha value is -2.44. The highest BCUT2D eigenvalue weighted by molar-refractivity contribution is 5.96. The van der Waals surface area contributed by atoms with Crippen LogP contribution in [0.4, 0.5) is 5.69 Å². The standard InChI is InChI=1S/C11H11NO6/c1-3-18-11(14)8-5-9(12(15)16)7(6-13)4-10(8)17-2/h4-6H,3H2,1-2H3. The van der Waals surface area contributed by atoms with Gasteiger partial charge in [-0.1, -0.05) is 0 Å². The van der Waals surface area contributed by atoms with Crippen molar-refractivity contribution in [2.45, 2.75) is 6.92 Å². The zero-order valence-corrected chi connectivity index (χ0v) is 9.84. The minimum absolute atomic E-state index is 0.0566. The number of esters is 1. The van der Waals surface area contributed by atoms with Crippen molar-refractivity contribution in [2.24, 2.45) is 0 Å². The second kappa shape index (κ2) is 5.76. The molecule has 96 valence electrons. The Morgan fingerprint density at radius 2 is 2.17 bits per heavy atom. The lowest BCUT2D eigenvalue weighted by Gasteiger charge is -2.08. The first-order chi connectivity index (χ1) is 8.54. The number of ether oxygens (including phenoxy) is 2. The maximum atomic E-state index is 11.6. The highest BCUT2D eigenvalue weighted by Gasteiger charge is 2.22. The summed E-state index contributed by atoms with van der Waals surface area (Å²) < 4.78 is 9.66. The molecule has 0 atom stereocenters. The van der Waals surface area contributed by atoms with Crippen LogP contribution in [0.25, 0.3) is 0 Å². The Balaban J connectivity index is 3.40. The summed E-state index contributed by atoms with van der Waals surface area (Å²) >= 11 is 0. The number of carbonyl (C=O) groups excluding carboxylic acids is 2. The van der Waals surface area contributed by atoms with E-state index in [0.29, 0.717) is 6.29 Å². The van der Waals surface area contributed by atoms with E-state index in [4.69, 9.17) is 9.47 Å². The highest BCUT2D eigenvalue weighted by atomic mass is 16.6. The molecule has 0 aromatic heterocycles. The van der Waals surface area contributed by atoms with Gasteiger partial charge < -0.3 is 9.47 Å². The van der Waals surface area contributed by atoms with E-state index in [1.165, 1.54) is 7.11 Å². The molecule has 0 aliphatic rings. The van der Waals surface area contributed by atoms with Gasteiger partial charge in [-0.25, -0.2) is 4.79 Å². The van der Waals surface area contributed by atoms with Crippen molar-refractivity contribution >= 4 is 17.9 Å². The summed E-state index contributed by atoms with van der Waals surface area (Å²) in [6.45, 7) is 1.74. The lowest BCUT2D eigenvalue weighted by atomic mass is 10.1. The molecule has 1 aromatic rings. The molecule has 7 nitrogen and oxygen atoms in total. The molecule has 0 fully saturated rings. The van der Waals surface area contributed by atoms with Crippen LogP contribution in [-0.4, -0.2) is 30.9 Å². The van der Waals surface area contributed by atoms with E-state index < -0.39 is 16.6 Å². The largest absolute Gasteiger partial charge is 0.496 e. The lowest BCUT2D eigenvalue weighted by molar-refractivity contribution is -0.385. The first-order valence-corrected chi connectivity index (χ1v) is 5.03. The summed E-state index contributed by atoms with van der Waals surface area (Å²) in [5, 5.41) is 10.8. The van der Waals surface area contributed by atoms with E-state index in [1.807, 2.05) is 0 Å². The van der Waals surface area contributed by atoms with Crippen LogP contribution in [0.3, 0.4) is 0 Å². The van der Waals surface area contributed by atoms with Crippen molar-refractivity contribution in [1.82, 2.24) is 0 Å². The molecule has 0 aliphatic heterocycles. The molecule has 0 N–H and O–H groups in total. The van der Waals surface area contributed by atoms with Crippen LogP contribution in [0.5, 0.6) is 5.75 Å². The van der Waals surface area contributed by atoms with Gasteiger partial charge in [0, 0.05) is 6.07 Å². The number of aldehydes is 1. The molecule has 0 spiro atoms. The van der Waals surface area contributed by atoms with Crippen molar-refractivity contribution in [2.75, 3.05) is 13.7 Å².